The lowest BCUT2D eigenvalue weighted by Crippen LogP contribution is -2.35. The standard InChI is InChI=1S/C17H21F3N4O/c1-23-15(11-25)21-22-16(23)13-5-3-7-24(10-13)9-12-4-2-6-14(8-12)17(18,19)20/h2,4,6,8,13,25H,3,5,7,9-11H2,1H3/t13-/m1/s1. The molecule has 2 aromatic rings. The van der Waals surface area contributed by atoms with Crippen LogP contribution in [0.15, 0.2) is 24.3 Å². The van der Waals surface area contributed by atoms with E-state index in [0.717, 1.165) is 31.3 Å². The maximum Gasteiger partial charge on any atom is 0.416 e. The predicted molar refractivity (Wildman–Crippen MR) is 85.6 cm³/mol. The van der Waals surface area contributed by atoms with Crippen molar-refractivity contribution in [1.29, 1.82) is 0 Å². The van der Waals surface area contributed by atoms with Crippen LogP contribution in [0.1, 0.15) is 41.5 Å². The lowest BCUT2D eigenvalue weighted by Gasteiger charge is -2.32. The van der Waals surface area contributed by atoms with Gasteiger partial charge >= 0.3 is 6.18 Å². The van der Waals surface area contributed by atoms with E-state index in [1.807, 2.05) is 7.05 Å². The van der Waals surface area contributed by atoms with E-state index < -0.39 is 11.7 Å². The maximum atomic E-state index is 12.9. The summed E-state index contributed by atoms with van der Waals surface area (Å²) in [5.41, 5.74) is 0.0453. The van der Waals surface area contributed by atoms with Gasteiger partial charge in [0.25, 0.3) is 0 Å². The number of aliphatic hydroxyl groups excluding tert-OH is 1. The van der Waals surface area contributed by atoms with Gasteiger partial charge in [0.05, 0.1) is 5.56 Å². The van der Waals surface area contributed by atoms with Gasteiger partial charge in [-0.15, -0.1) is 10.2 Å². The Kier molecular flexibility index (Phi) is 5.10. The molecule has 136 valence electrons. The zero-order chi connectivity index (χ0) is 18.0. The van der Waals surface area contributed by atoms with Gasteiger partial charge in [-0.25, -0.2) is 0 Å². The van der Waals surface area contributed by atoms with Gasteiger partial charge in [-0.1, -0.05) is 18.2 Å². The Morgan fingerprint density at radius 2 is 2.08 bits per heavy atom. The number of alkyl halides is 3. The van der Waals surface area contributed by atoms with Gasteiger partial charge in [0.15, 0.2) is 5.82 Å². The second kappa shape index (κ2) is 7.13. The number of hydrogen-bond donors (Lipinski definition) is 1. The molecule has 0 amide bonds. The SMILES string of the molecule is Cn1c(CO)nnc1[C@@H]1CCCN(Cc2cccc(C(F)(F)F)c2)C1. The molecule has 0 radical (unpaired) electrons. The molecule has 1 saturated heterocycles. The highest BCUT2D eigenvalue weighted by Gasteiger charge is 2.31. The van der Waals surface area contributed by atoms with Gasteiger partial charge < -0.3 is 9.67 Å². The third-order valence-corrected chi connectivity index (χ3v) is 4.67. The van der Waals surface area contributed by atoms with Crippen LogP contribution in [0.4, 0.5) is 13.2 Å². The highest BCUT2D eigenvalue weighted by Crippen LogP contribution is 2.31. The minimum atomic E-state index is -4.32. The van der Waals surface area contributed by atoms with Crippen molar-refractivity contribution in [1.82, 2.24) is 19.7 Å². The normalized spacial score (nSPS) is 19.3. The van der Waals surface area contributed by atoms with E-state index in [1.165, 1.54) is 12.1 Å². The Hall–Kier alpha value is -1.93. The molecule has 1 aliphatic heterocycles. The summed E-state index contributed by atoms with van der Waals surface area (Å²) in [7, 11) is 1.83. The molecule has 0 bridgehead atoms. The Balaban J connectivity index is 1.71. The number of benzene rings is 1. The Labute approximate surface area is 144 Å². The summed E-state index contributed by atoms with van der Waals surface area (Å²) in [4.78, 5) is 2.15. The largest absolute Gasteiger partial charge is 0.416 e. The lowest BCUT2D eigenvalue weighted by atomic mass is 9.96. The summed E-state index contributed by atoms with van der Waals surface area (Å²) >= 11 is 0. The van der Waals surface area contributed by atoms with E-state index in [0.29, 0.717) is 24.5 Å². The van der Waals surface area contributed by atoms with Crippen molar-refractivity contribution < 1.29 is 18.3 Å². The fourth-order valence-electron chi connectivity index (χ4n) is 3.38. The summed E-state index contributed by atoms with van der Waals surface area (Å²) in [6.07, 6.45) is -2.42. The van der Waals surface area contributed by atoms with Crippen LogP contribution in [0.25, 0.3) is 0 Å². The zero-order valence-electron chi connectivity index (χ0n) is 14.0. The summed E-state index contributed by atoms with van der Waals surface area (Å²) in [5.74, 6) is 1.50. The first-order valence-electron chi connectivity index (χ1n) is 8.26. The molecule has 1 N–H and O–H groups in total. The smallest absolute Gasteiger partial charge is 0.388 e. The van der Waals surface area contributed by atoms with Gasteiger partial charge in [-0.05, 0) is 31.0 Å². The molecule has 1 aromatic heterocycles. The third-order valence-electron chi connectivity index (χ3n) is 4.67. The quantitative estimate of drug-likeness (QED) is 0.917. The van der Waals surface area contributed by atoms with Crippen molar-refractivity contribution in [2.24, 2.45) is 7.05 Å². The van der Waals surface area contributed by atoms with Crippen LogP contribution >= 0.6 is 0 Å². The van der Waals surface area contributed by atoms with Gasteiger partial charge in [-0.3, -0.25) is 4.90 Å². The van der Waals surface area contributed by atoms with Crippen molar-refractivity contribution in [2.45, 2.75) is 38.1 Å². The molecule has 1 aromatic carbocycles. The molecule has 1 atom stereocenters. The predicted octanol–water partition coefficient (Wildman–Crippen LogP) is 2.71. The molecular weight excluding hydrogens is 333 g/mol. The van der Waals surface area contributed by atoms with Crippen molar-refractivity contribution in [3.8, 4) is 0 Å². The molecule has 0 unspecified atom stereocenters. The Bertz CT molecular complexity index is 729. The number of aromatic nitrogens is 3. The minimum absolute atomic E-state index is 0.163. The summed E-state index contributed by atoms with van der Waals surface area (Å²) < 4.78 is 40.4. The first-order valence-corrected chi connectivity index (χ1v) is 8.26. The lowest BCUT2D eigenvalue weighted by molar-refractivity contribution is -0.137. The van der Waals surface area contributed by atoms with E-state index in [4.69, 9.17) is 0 Å². The highest BCUT2D eigenvalue weighted by molar-refractivity contribution is 5.25. The molecule has 25 heavy (non-hydrogen) atoms. The average molecular weight is 354 g/mol. The minimum Gasteiger partial charge on any atom is -0.388 e. The van der Waals surface area contributed by atoms with Gasteiger partial charge in [0.1, 0.15) is 12.4 Å². The fraction of sp³-hybridized carbons (Fsp3) is 0.529. The van der Waals surface area contributed by atoms with Crippen LogP contribution in [0.3, 0.4) is 0 Å². The van der Waals surface area contributed by atoms with Gasteiger partial charge in [0.2, 0.25) is 0 Å². The van der Waals surface area contributed by atoms with Crippen LogP contribution in [-0.4, -0.2) is 37.9 Å². The highest BCUT2D eigenvalue weighted by atomic mass is 19.4. The molecule has 8 heteroatoms. The van der Waals surface area contributed by atoms with E-state index in [2.05, 4.69) is 15.1 Å². The average Bonchev–Trinajstić information content (AvgIpc) is 2.95. The van der Waals surface area contributed by atoms with Crippen molar-refractivity contribution in [3.05, 3.63) is 47.0 Å². The molecule has 1 aliphatic rings. The number of hydrogen-bond acceptors (Lipinski definition) is 4. The van der Waals surface area contributed by atoms with E-state index in [9.17, 15) is 18.3 Å². The Morgan fingerprint density at radius 1 is 1.28 bits per heavy atom. The summed E-state index contributed by atoms with van der Waals surface area (Å²) in [6, 6.07) is 5.50. The fourth-order valence-corrected chi connectivity index (χ4v) is 3.38. The number of piperidine rings is 1. The third kappa shape index (κ3) is 4.01. The number of aliphatic hydroxyl groups is 1. The van der Waals surface area contributed by atoms with E-state index >= 15 is 0 Å². The van der Waals surface area contributed by atoms with Crippen LogP contribution < -0.4 is 0 Å². The molecule has 0 aliphatic carbocycles. The van der Waals surface area contributed by atoms with Crippen molar-refractivity contribution in [3.63, 3.8) is 0 Å². The number of halogens is 3. The zero-order valence-corrected chi connectivity index (χ0v) is 14.0. The summed E-state index contributed by atoms with van der Waals surface area (Å²) in [6.45, 7) is 1.88. The molecule has 5 nitrogen and oxygen atoms in total. The van der Waals surface area contributed by atoms with Crippen LogP contribution in [0, 0.1) is 0 Å². The van der Waals surface area contributed by atoms with Crippen LogP contribution in [-0.2, 0) is 26.4 Å². The monoisotopic (exact) mass is 354 g/mol. The molecule has 3 rings (SSSR count). The topological polar surface area (TPSA) is 54.2 Å². The van der Waals surface area contributed by atoms with Crippen LogP contribution in [0.2, 0.25) is 0 Å². The van der Waals surface area contributed by atoms with Crippen molar-refractivity contribution in [2.75, 3.05) is 13.1 Å². The summed E-state index contributed by atoms with van der Waals surface area (Å²) in [5, 5.41) is 17.4. The van der Waals surface area contributed by atoms with Crippen molar-refractivity contribution >= 4 is 0 Å². The molecule has 1 fully saturated rings. The maximum absolute atomic E-state index is 12.9. The molecule has 2 heterocycles. The van der Waals surface area contributed by atoms with Gasteiger partial charge in [-0.2, -0.15) is 13.2 Å². The Morgan fingerprint density at radius 3 is 2.76 bits per heavy atom. The molecule has 0 spiro atoms. The second-order valence-electron chi connectivity index (χ2n) is 6.46. The number of rotatable bonds is 4. The van der Waals surface area contributed by atoms with Gasteiger partial charge in [0, 0.05) is 26.1 Å². The number of nitrogens with zero attached hydrogens (tertiary/aromatic N) is 4. The number of likely N-dealkylation sites (tertiary alicyclic amines) is 1. The van der Waals surface area contributed by atoms with Crippen LogP contribution in [0.5, 0.6) is 0 Å². The molecule has 0 saturated carbocycles. The molecular formula is C17H21F3N4O. The second-order valence-corrected chi connectivity index (χ2v) is 6.46. The first kappa shape index (κ1) is 17.9. The van der Waals surface area contributed by atoms with E-state index in [-0.39, 0.29) is 12.5 Å². The van der Waals surface area contributed by atoms with E-state index in [1.54, 1.807) is 10.6 Å². The first-order chi connectivity index (χ1) is 11.9.